The van der Waals surface area contributed by atoms with E-state index in [1.54, 1.807) is 0 Å². The molecule has 0 aliphatic rings. The smallest absolute Gasteiger partial charge is 0.0534 e. The molecule has 0 fully saturated rings. The first-order valence-electron chi connectivity index (χ1n) is 7.01. The van der Waals surface area contributed by atoms with Gasteiger partial charge in [-0.1, -0.05) is 45.4 Å². The summed E-state index contributed by atoms with van der Waals surface area (Å²) in [4.78, 5) is 0. The van der Waals surface area contributed by atoms with Gasteiger partial charge >= 0.3 is 0 Å². The molecule has 3 nitrogen and oxygen atoms in total. The maximum atomic E-state index is 4.15. The van der Waals surface area contributed by atoms with Crippen LogP contribution in [0.2, 0.25) is 0 Å². The van der Waals surface area contributed by atoms with Crippen LogP contribution >= 0.6 is 0 Å². The van der Waals surface area contributed by atoms with E-state index in [0.717, 1.165) is 13.1 Å². The Balaban J connectivity index is 1.84. The summed E-state index contributed by atoms with van der Waals surface area (Å²) in [6.45, 7) is 4.34. The van der Waals surface area contributed by atoms with Gasteiger partial charge in [-0.15, -0.1) is 0 Å². The van der Waals surface area contributed by atoms with Crippen molar-refractivity contribution in [3.63, 3.8) is 0 Å². The zero-order chi connectivity index (χ0) is 12.3. The zero-order valence-electron chi connectivity index (χ0n) is 11.4. The molecule has 0 amide bonds. The number of hydrogen-bond donors (Lipinski definition) is 1. The fourth-order valence-corrected chi connectivity index (χ4v) is 2.00. The third kappa shape index (κ3) is 7.16. The molecule has 0 radical (unpaired) electrons. The average Bonchev–Trinajstić information content (AvgIpc) is 2.73. The van der Waals surface area contributed by atoms with E-state index in [1.807, 2.05) is 17.9 Å². The van der Waals surface area contributed by atoms with Crippen molar-refractivity contribution in [3.05, 3.63) is 18.0 Å². The molecule has 1 heterocycles. The van der Waals surface area contributed by atoms with Gasteiger partial charge in [0.1, 0.15) is 0 Å². The first kappa shape index (κ1) is 14.2. The van der Waals surface area contributed by atoms with E-state index in [-0.39, 0.29) is 0 Å². The molecule has 17 heavy (non-hydrogen) atoms. The first-order chi connectivity index (χ1) is 8.33. The molecule has 98 valence electrons. The van der Waals surface area contributed by atoms with Gasteiger partial charge in [-0.3, -0.25) is 4.68 Å². The lowest BCUT2D eigenvalue weighted by Gasteiger charge is -2.03. The SMILES string of the molecule is CCCCCCCCCNCc1cnn(C)c1. The highest BCUT2D eigenvalue weighted by Crippen LogP contribution is 2.06. The minimum Gasteiger partial charge on any atom is -0.313 e. The van der Waals surface area contributed by atoms with Crippen molar-refractivity contribution < 1.29 is 0 Å². The molecule has 0 bridgehead atoms. The van der Waals surface area contributed by atoms with Gasteiger partial charge < -0.3 is 5.32 Å². The highest BCUT2D eigenvalue weighted by molar-refractivity contribution is 5.02. The van der Waals surface area contributed by atoms with E-state index in [4.69, 9.17) is 0 Å². The largest absolute Gasteiger partial charge is 0.313 e. The second kappa shape index (κ2) is 9.23. The Morgan fingerprint density at radius 1 is 1.12 bits per heavy atom. The predicted octanol–water partition coefficient (Wildman–Crippen LogP) is 3.26. The second-order valence-electron chi connectivity index (χ2n) is 4.82. The molecule has 0 aliphatic heterocycles. The van der Waals surface area contributed by atoms with Crippen LogP contribution < -0.4 is 5.32 Å². The van der Waals surface area contributed by atoms with Gasteiger partial charge in [0.2, 0.25) is 0 Å². The summed E-state index contributed by atoms with van der Waals surface area (Å²) >= 11 is 0. The first-order valence-corrected chi connectivity index (χ1v) is 7.01. The van der Waals surface area contributed by atoms with Crippen LogP contribution in [-0.4, -0.2) is 16.3 Å². The fourth-order valence-electron chi connectivity index (χ4n) is 2.00. The van der Waals surface area contributed by atoms with Crippen molar-refractivity contribution in [3.8, 4) is 0 Å². The van der Waals surface area contributed by atoms with Crippen LogP contribution in [-0.2, 0) is 13.6 Å². The summed E-state index contributed by atoms with van der Waals surface area (Å²) in [5.74, 6) is 0. The van der Waals surface area contributed by atoms with Gasteiger partial charge in [-0.2, -0.15) is 5.10 Å². The number of rotatable bonds is 10. The molecule has 0 saturated carbocycles. The maximum Gasteiger partial charge on any atom is 0.0534 e. The minimum absolute atomic E-state index is 0.948. The van der Waals surface area contributed by atoms with Crippen LogP contribution in [0.25, 0.3) is 0 Å². The van der Waals surface area contributed by atoms with Gasteiger partial charge in [0.25, 0.3) is 0 Å². The molecule has 0 aliphatic carbocycles. The molecule has 0 unspecified atom stereocenters. The Bertz CT molecular complexity index is 281. The second-order valence-corrected chi connectivity index (χ2v) is 4.82. The van der Waals surface area contributed by atoms with E-state index in [0.29, 0.717) is 0 Å². The number of nitrogens with one attached hydrogen (secondary N) is 1. The predicted molar refractivity (Wildman–Crippen MR) is 72.9 cm³/mol. The Morgan fingerprint density at radius 2 is 1.82 bits per heavy atom. The average molecular weight is 237 g/mol. The summed E-state index contributed by atoms with van der Waals surface area (Å²) in [6, 6.07) is 0. The number of nitrogens with zero attached hydrogens (tertiary/aromatic N) is 2. The zero-order valence-corrected chi connectivity index (χ0v) is 11.4. The highest BCUT2D eigenvalue weighted by atomic mass is 15.2. The minimum atomic E-state index is 0.948. The van der Waals surface area contributed by atoms with Crippen LogP contribution in [0.3, 0.4) is 0 Å². The van der Waals surface area contributed by atoms with Crippen LogP contribution in [0, 0.1) is 0 Å². The van der Waals surface area contributed by atoms with Crippen molar-refractivity contribution in [1.29, 1.82) is 0 Å². The summed E-state index contributed by atoms with van der Waals surface area (Å²) in [7, 11) is 1.96. The van der Waals surface area contributed by atoms with E-state index < -0.39 is 0 Å². The third-order valence-corrected chi connectivity index (χ3v) is 3.04. The molecule has 0 spiro atoms. The van der Waals surface area contributed by atoms with Crippen LogP contribution in [0.1, 0.15) is 57.4 Å². The maximum absolute atomic E-state index is 4.15. The molecule has 0 saturated heterocycles. The highest BCUT2D eigenvalue weighted by Gasteiger charge is 1.95. The van der Waals surface area contributed by atoms with Gasteiger partial charge in [0, 0.05) is 25.4 Å². The number of unbranched alkanes of at least 4 members (excludes halogenated alkanes) is 6. The van der Waals surface area contributed by atoms with Crippen molar-refractivity contribution in [1.82, 2.24) is 15.1 Å². The van der Waals surface area contributed by atoms with Crippen molar-refractivity contribution >= 4 is 0 Å². The lowest BCUT2D eigenvalue weighted by molar-refractivity contribution is 0.562. The molecular weight excluding hydrogens is 210 g/mol. The standard InChI is InChI=1S/C14H27N3/c1-3-4-5-6-7-8-9-10-15-11-14-12-16-17(2)13-14/h12-13,15H,3-11H2,1-2H3. The van der Waals surface area contributed by atoms with Crippen LogP contribution in [0.4, 0.5) is 0 Å². The molecular formula is C14H27N3. The number of hydrogen-bond acceptors (Lipinski definition) is 2. The molecule has 0 atom stereocenters. The Morgan fingerprint density at radius 3 is 2.47 bits per heavy atom. The third-order valence-electron chi connectivity index (χ3n) is 3.04. The fraction of sp³-hybridized carbons (Fsp3) is 0.786. The Hall–Kier alpha value is -0.830. The summed E-state index contributed by atoms with van der Waals surface area (Å²) in [5.41, 5.74) is 1.27. The quantitative estimate of drug-likeness (QED) is 0.633. The normalized spacial score (nSPS) is 10.9. The molecule has 0 aromatic carbocycles. The Labute approximate surface area is 106 Å². The van der Waals surface area contributed by atoms with Crippen LogP contribution in [0.15, 0.2) is 12.4 Å². The van der Waals surface area contributed by atoms with Gasteiger partial charge in [0.15, 0.2) is 0 Å². The lowest BCUT2D eigenvalue weighted by Crippen LogP contribution is -2.14. The molecule has 1 aromatic rings. The van der Waals surface area contributed by atoms with E-state index in [1.165, 1.54) is 50.5 Å². The molecule has 1 aromatic heterocycles. The lowest BCUT2D eigenvalue weighted by atomic mass is 10.1. The van der Waals surface area contributed by atoms with Gasteiger partial charge in [-0.05, 0) is 13.0 Å². The van der Waals surface area contributed by atoms with Crippen molar-refractivity contribution in [2.24, 2.45) is 7.05 Å². The topological polar surface area (TPSA) is 29.9 Å². The van der Waals surface area contributed by atoms with E-state index >= 15 is 0 Å². The number of aryl methyl sites for hydroxylation is 1. The summed E-state index contributed by atoms with van der Waals surface area (Å²) in [6.07, 6.45) is 13.6. The molecule has 1 rings (SSSR count). The Kier molecular flexibility index (Phi) is 7.72. The van der Waals surface area contributed by atoms with Crippen molar-refractivity contribution in [2.45, 2.75) is 58.4 Å². The van der Waals surface area contributed by atoms with E-state index in [9.17, 15) is 0 Å². The van der Waals surface area contributed by atoms with Gasteiger partial charge in [0.05, 0.1) is 6.20 Å². The van der Waals surface area contributed by atoms with Crippen LogP contribution in [0.5, 0.6) is 0 Å². The van der Waals surface area contributed by atoms with Crippen molar-refractivity contribution in [2.75, 3.05) is 6.54 Å². The monoisotopic (exact) mass is 237 g/mol. The molecule has 3 heteroatoms. The summed E-state index contributed by atoms with van der Waals surface area (Å²) in [5, 5.41) is 7.61. The van der Waals surface area contributed by atoms with E-state index in [2.05, 4.69) is 23.5 Å². The summed E-state index contributed by atoms with van der Waals surface area (Å²) < 4.78 is 1.85. The molecule has 1 N–H and O–H groups in total. The van der Waals surface area contributed by atoms with Gasteiger partial charge in [-0.25, -0.2) is 0 Å². The number of aromatic nitrogens is 2.